The van der Waals surface area contributed by atoms with Crippen LogP contribution in [0.4, 0.5) is 10.5 Å². The first kappa shape index (κ1) is 16.4. The average molecular weight is 317 g/mol. The van der Waals surface area contributed by atoms with Gasteiger partial charge < -0.3 is 10.6 Å². The first-order valence-electron chi connectivity index (χ1n) is 7.40. The van der Waals surface area contributed by atoms with Gasteiger partial charge in [-0.1, -0.05) is 42.8 Å². The van der Waals surface area contributed by atoms with Gasteiger partial charge in [0.25, 0.3) is 0 Å². The van der Waals surface area contributed by atoms with Gasteiger partial charge in [-0.3, -0.25) is 0 Å². The predicted octanol–water partition coefficient (Wildman–Crippen LogP) is 5.23. The van der Waals surface area contributed by atoms with E-state index in [2.05, 4.69) is 10.6 Å². The van der Waals surface area contributed by atoms with Crippen LogP contribution in [-0.4, -0.2) is 6.03 Å². The molecule has 0 saturated carbocycles. The van der Waals surface area contributed by atoms with Gasteiger partial charge in [0.15, 0.2) is 0 Å². The molecule has 2 rings (SSSR count). The Balaban J connectivity index is 2.06. The number of amides is 2. The van der Waals surface area contributed by atoms with Crippen LogP contribution in [0.2, 0.25) is 5.02 Å². The molecule has 2 aromatic rings. The Morgan fingerprint density at radius 2 is 1.82 bits per heavy atom. The summed E-state index contributed by atoms with van der Waals surface area (Å²) in [5, 5.41) is 6.62. The molecule has 0 radical (unpaired) electrons. The topological polar surface area (TPSA) is 41.1 Å². The highest BCUT2D eigenvalue weighted by Gasteiger charge is 2.13. The zero-order chi connectivity index (χ0) is 16.1. The summed E-state index contributed by atoms with van der Waals surface area (Å²) in [4.78, 5) is 12.2. The van der Waals surface area contributed by atoms with Crippen LogP contribution < -0.4 is 10.6 Å². The van der Waals surface area contributed by atoms with Crippen LogP contribution in [0.5, 0.6) is 0 Å². The van der Waals surface area contributed by atoms with E-state index in [-0.39, 0.29) is 12.1 Å². The van der Waals surface area contributed by atoms with Crippen molar-refractivity contribution in [3.05, 3.63) is 64.2 Å². The molecule has 116 valence electrons. The molecule has 0 bridgehead atoms. The van der Waals surface area contributed by atoms with Crippen molar-refractivity contribution >= 4 is 23.3 Å². The van der Waals surface area contributed by atoms with Crippen molar-refractivity contribution in [3.63, 3.8) is 0 Å². The van der Waals surface area contributed by atoms with E-state index >= 15 is 0 Å². The lowest BCUT2D eigenvalue weighted by Crippen LogP contribution is -2.32. The smallest absolute Gasteiger partial charge is 0.319 e. The molecule has 3 nitrogen and oxygen atoms in total. The molecule has 0 heterocycles. The molecule has 2 N–H and O–H groups in total. The molecular weight excluding hydrogens is 296 g/mol. The summed E-state index contributed by atoms with van der Waals surface area (Å²) in [7, 11) is 0. The fourth-order valence-corrected chi connectivity index (χ4v) is 2.45. The first-order chi connectivity index (χ1) is 10.5. The maximum absolute atomic E-state index is 12.2. The second-order valence-electron chi connectivity index (χ2n) is 5.36. The van der Waals surface area contributed by atoms with Gasteiger partial charge in [-0.05, 0) is 55.2 Å². The maximum atomic E-state index is 12.2. The van der Waals surface area contributed by atoms with Crippen molar-refractivity contribution in [1.82, 2.24) is 5.32 Å². The van der Waals surface area contributed by atoms with Gasteiger partial charge in [-0.25, -0.2) is 4.79 Å². The van der Waals surface area contributed by atoms with Gasteiger partial charge in [-0.2, -0.15) is 0 Å². The Morgan fingerprint density at radius 3 is 2.45 bits per heavy atom. The number of halogens is 1. The minimum Gasteiger partial charge on any atom is -0.331 e. The maximum Gasteiger partial charge on any atom is 0.319 e. The van der Waals surface area contributed by atoms with Crippen LogP contribution in [0.15, 0.2) is 42.5 Å². The van der Waals surface area contributed by atoms with Gasteiger partial charge >= 0.3 is 6.03 Å². The Labute approximate surface area is 136 Å². The summed E-state index contributed by atoms with van der Waals surface area (Å²) in [5.74, 6) is 0. The molecule has 0 aliphatic rings. The summed E-state index contributed by atoms with van der Waals surface area (Å²) in [6.45, 7) is 6.07. The standard InChI is InChI=1S/C18H21ClN2O/c1-4-16(14-8-10-15(19)11-9-14)20-18(22)21-17-7-5-6-12(2)13(17)3/h5-11,16H,4H2,1-3H3,(H2,20,21,22)/t16-/m0/s1. The average Bonchev–Trinajstić information content (AvgIpc) is 2.50. The summed E-state index contributed by atoms with van der Waals surface area (Å²) >= 11 is 5.91. The van der Waals surface area contributed by atoms with Crippen LogP contribution in [0.25, 0.3) is 0 Å². The SMILES string of the molecule is CC[C@H](NC(=O)Nc1cccc(C)c1C)c1ccc(Cl)cc1. The van der Waals surface area contributed by atoms with E-state index < -0.39 is 0 Å². The lowest BCUT2D eigenvalue weighted by molar-refractivity contribution is 0.248. The highest BCUT2D eigenvalue weighted by atomic mass is 35.5. The highest BCUT2D eigenvalue weighted by molar-refractivity contribution is 6.30. The van der Waals surface area contributed by atoms with E-state index in [0.29, 0.717) is 5.02 Å². The monoisotopic (exact) mass is 316 g/mol. The van der Waals surface area contributed by atoms with Crippen molar-refractivity contribution in [2.45, 2.75) is 33.2 Å². The van der Waals surface area contributed by atoms with Gasteiger partial charge in [0, 0.05) is 10.7 Å². The largest absolute Gasteiger partial charge is 0.331 e. The van der Waals surface area contributed by atoms with Crippen molar-refractivity contribution in [2.75, 3.05) is 5.32 Å². The Hall–Kier alpha value is -2.00. The van der Waals surface area contributed by atoms with Gasteiger partial charge in [0.2, 0.25) is 0 Å². The van der Waals surface area contributed by atoms with Crippen LogP contribution in [0, 0.1) is 13.8 Å². The van der Waals surface area contributed by atoms with Crippen molar-refractivity contribution < 1.29 is 4.79 Å². The zero-order valence-electron chi connectivity index (χ0n) is 13.1. The molecule has 0 aromatic heterocycles. The molecular formula is C18H21ClN2O. The van der Waals surface area contributed by atoms with Crippen LogP contribution >= 0.6 is 11.6 Å². The fraction of sp³-hybridized carbons (Fsp3) is 0.278. The number of anilines is 1. The molecule has 22 heavy (non-hydrogen) atoms. The van der Waals surface area contributed by atoms with Crippen molar-refractivity contribution in [3.8, 4) is 0 Å². The molecule has 0 spiro atoms. The molecule has 2 amide bonds. The fourth-order valence-electron chi connectivity index (χ4n) is 2.32. The minimum atomic E-state index is -0.199. The Kier molecular flexibility index (Phi) is 5.45. The number of rotatable bonds is 4. The number of carbonyl (C=O) groups excluding carboxylic acids is 1. The van der Waals surface area contributed by atoms with Gasteiger partial charge in [0.05, 0.1) is 6.04 Å². The molecule has 4 heteroatoms. The van der Waals surface area contributed by atoms with Crippen LogP contribution in [-0.2, 0) is 0 Å². The number of nitrogens with one attached hydrogen (secondary N) is 2. The molecule has 0 fully saturated rings. The highest BCUT2D eigenvalue weighted by Crippen LogP contribution is 2.21. The molecule has 2 aromatic carbocycles. The molecule has 0 saturated heterocycles. The first-order valence-corrected chi connectivity index (χ1v) is 7.78. The third-order valence-corrected chi connectivity index (χ3v) is 4.09. The molecule has 0 unspecified atom stereocenters. The number of hydrogen-bond acceptors (Lipinski definition) is 1. The predicted molar refractivity (Wildman–Crippen MR) is 92.6 cm³/mol. The van der Waals surface area contributed by atoms with Crippen molar-refractivity contribution in [2.24, 2.45) is 0 Å². The minimum absolute atomic E-state index is 0.0395. The van der Waals surface area contributed by atoms with E-state index in [0.717, 1.165) is 28.8 Å². The van der Waals surface area contributed by atoms with E-state index in [1.807, 2.05) is 63.2 Å². The van der Waals surface area contributed by atoms with E-state index in [1.54, 1.807) is 0 Å². The molecule has 1 atom stereocenters. The van der Waals surface area contributed by atoms with Crippen LogP contribution in [0.1, 0.15) is 36.1 Å². The quantitative estimate of drug-likeness (QED) is 0.796. The molecule has 0 aliphatic carbocycles. The third-order valence-electron chi connectivity index (χ3n) is 3.84. The summed E-state index contributed by atoms with van der Waals surface area (Å²) < 4.78 is 0. The summed E-state index contributed by atoms with van der Waals surface area (Å²) in [6.07, 6.45) is 0.807. The van der Waals surface area contributed by atoms with E-state index in [9.17, 15) is 4.79 Å². The molecule has 0 aliphatic heterocycles. The second-order valence-corrected chi connectivity index (χ2v) is 5.79. The third kappa shape index (κ3) is 4.01. The Morgan fingerprint density at radius 1 is 1.14 bits per heavy atom. The zero-order valence-corrected chi connectivity index (χ0v) is 13.9. The number of carbonyl (C=O) groups is 1. The van der Waals surface area contributed by atoms with Crippen molar-refractivity contribution in [1.29, 1.82) is 0 Å². The van der Waals surface area contributed by atoms with Gasteiger partial charge in [-0.15, -0.1) is 0 Å². The normalized spacial score (nSPS) is 11.8. The number of urea groups is 1. The summed E-state index contributed by atoms with van der Waals surface area (Å²) in [5.41, 5.74) is 4.12. The van der Waals surface area contributed by atoms with E-state index in [4.69, 9.17) is 11.6 Å². The lowest BCUT2D eigenvalue weighted by atomic mass is 10.0. The summed E-state index contributed by atoms with van der Waals surface area (Å²) in [6, 6.07) is 13.2. The van der Waals surface area contributed by atoms with Gasteiger partial charge in [0.1, 0.15) is 0 Å². The number of hydrogen-bond donors (Lipinski definition) is 2. The van der Waals surface area contributed by atoms with E-state index in [1.165, 1.54) is 0 Å². The second kappa shape index (κ2) is 7.32. The Bertz CT molecular complexity index is 653. The number of benzene rings is 2. The lowest BCUT2D eigenvalue weighted by Gasteiger charge is -2.19. The van der Waals surface area contributed by atoms with Crippen LogP contribution in [0.3, 0.4) is 0 Å². The number of aryl methyl sites for hydroxylation is 1.